The van der Waals surface area contributed by atoms with Gasteiger partial charge < -0.3 is 19.1 Å². The number of hydrogen-bond acceptors (Lipinski definition) is 6. The van der Waals surface area contributed by atoms with Crippen LogP contribution in [0.3, 0.4) is 0 Å². The van der Waals surface area contributed by atoms with E-state index in [1.165, 1.54) is 15.7 Å². The molecule has 12 heteroatoms. The molecule has 1 fully saturated rings. The van der Waals surface area contributed by atoms with Crippen molar-refractivity contribution < 1.29 is 31.9 Å². The lowest BCUT2D eigenvalue weighted by Gasteiger charge is -2.35. The number of fused-ring (bicyclic) bond motifs is 1. The molecule has 0 unspecified atom stereocenters. The van der Waals surface area contributed by atoms with Crippen LogP contribution >= 0.6 is 0 Å². The summed E-state index contributed by atoms with van der Waals surface area (Å²) in [6, 6.07) is 0.960. The molecule has 1 aliphatic rings. The fourth-order valence-electron chi connectivity index (χ4n) is 3.39. The van der Waals surface area contributed by atoms with E-state index in [0.717, 1.165) is 6.07 Å². The number of alkyl halides is 3. The Labute approximate surface area is 174 Å². The smallest absolute Gasteiger partial charge is 0.462 e. The molecule has 0 aliphatic carbocycles. The van der Waals surface area contributed by atoms with Crippen molar-refractivity contribution in [3.63, 3.8) is 0 Å². The van der Waals surface area contributed by atoms with Crippen LogP contribution in [0, 0.1) is 5.82 Å². The highest BCUT2D eigenvalue weighted by Crippen LogP contribution is 2.24. The number of rotatable bonds is 4. The highest BCUT2D eigenvalue weighted by Gasteiger charge is 2.43. The van der Waals surface area contributed by atoms with Crippen molar-refractivity contribution in [3.05, 3.63) is 33.9 Å². The van der Waals surface area contributed by atoms with Gasteiger partial charge in [-0.25, -0.2) is 14.2 Å². The third-order valence-corrected chi connectivity index (χ3v) is 4.93. The fourth-order valence-corrected chi connectivity index (χ4v) is 3.39. The highest BCUT2D eigenvalue weighted by molar-refractivity contribution is 5.93. The van der Waals surface area contributed by atoms with Crippen LogP contribution in [0.1, 0.15) is 24.2 Å². The first-order chi connectivity index (χ1) is 14.6. The van der Waals surface area contributed by atoms with Crippen LogP contribution in [0.4, 0.5) is 23.4 Å². The van der Waals surface area contributed by atoms with E-state index in [0.29, 0.717) is 11.4 Å². The van der Waals surface area contributed by atoms with Gasteiger partial charge in [0, 0.05) is 38.9 Å². The molecule has 8 nitrogen and oxygen atoms in total. The van der Waals surface area contributed by atoms with Gasteiger partial charge in [-0.2, -0.15) is 13.2 Å². The number of aryl methyl sites for hydroxylation is 1. The van der Waals surface area contributed by atoms with E-state index in [4.69, 9.17) is 4.74 Å². The SMILES string of the molecule is CCOC(=O)c1cn(CC)c2nc(N3CCN(C(=O)C(F)(F)F)CC3)c(F)cc2c1=O. The summed E-state index contributed by atoms with van der Waals surface area (Å²) in [5.41, 5.74) is -0.841. The van der Waals surface area contributed by atoms with Gasteiger partial charge >= 0.3 is 18.1 Å². The highest BCUT2D eigenvalue weighted by atomic mass is 19.4. The molecular weight excluding hydrogens is 424 g/mol. The first-order valence-corrected chi connectivity index (χ1v) is 9.60. The van der Waals surface area contributed by atoms with E-state index < -0.39 is 29.3 Å². The number of piperazine rings is 1. The minimum absolute atomic E-state index is 0.0610. The molecule has 0 atom stereocenters. The Bertz CT molecular complexity index is 1080. The van der Waals surface area contributed by atoms with Crippen LogP contribution in [0.15, 0.2) is 17.1 Å². The molecule has 2 aromatic heterocycles. The zero-order valence-corrected chi connectivity index (χ0v) is 16.8. The average molecular weight is 444 g/mol. The Kier molecular flexibility index (Phi) is 6.18. The fraction of sp³-hybridized carbons (Fsp3) is 0.474. The Morgan fingerprint density at radius 3 is 2.35 bits per heavy atom. The Balaban J connectivity index is 1.96. The normalized spacial score (nSPS) is 14.8. The number of hydrogen-bond donors (Lipinski definition) is 0. The van der Waals surface area contributed by atoms with Crippen molar-refractivity contribution in [2.75, 3.05) is 37.7 Å². The van der Waals surface area contributed by atoms with E-state index in [9.17, 15) is 31.9 Å². The van der Waals surface area contributed by atoms with Crippen molar-refractivity contribution in [2.45, 2.75) is 26.6 Å². The number of aromatic nitrogens is 2. The summed E-state index contributed by atoms with van der Waals surface area (Å²) in [6.07, 6.45) is -3.68. The summed E-state index contributed by atoms with van der Waals surface area (Å²) in [6.45, 7) is 3.09. The molecule has 1 saturated heterocycles. The molecule has 1 aliphatic heterocycles. The van der Waals surface area contributed by atoms with Crippen LogP contribution in [0.25, 0.3) is 11.0 Å². The number of ether oxygens (including phenoxy) is 1. The van der Waals surface area contributed by atoms with Crippen LogP contribution in [0.5, 0.6) is 0 Å². The molecule has 0 spiro atoms. The van der Waals surface area contributed by atoms with E-state index >= 15 is 0 Å². The number of pyridine rings is 2. The predicted octanol–water partition coefficient (Wildman–Crippen LogP) is 1.94. The van der Waals surface area contributed by atoms with E-state index in [1.807, 2.05) is 0 Å². The summed E-state index contributed by atoms with van der Waals surface area (Å²) >= 11 is 0. The quantitative estimate of drug-likeness (QED) is 0.530. The summed E-state index contributed by atoms with van der Waals surface area (Å²) < 4.78 is 59.0. The van der Waals surface area contributed by atoms with E-state index in [-0.39, 0.29) is 55.2 Å². The van der Waals surface area contributed by atoms with Gasteiger partial charge in [0.2, 0.25) is 5.43 Å². The molecular formula is C19H20F4N4O4. The lowest BCUT2D eigenvalue weighted by molar-refractivity contribution is -0.185. The first kappa shape index (κ1) is 22.5. The zero-order valence-electron chi connectivity index (χ0n) is 16.8. The van der Waals surface area contributed by atoms with Crippen LogP contribution in [-0.4, -0.2) is 65.3 Å². The maximum Gasteiger partial charge on any atom is 0.471 e. The number of carbonyl (C=O) groups excluding carboxylic acids is 2. The Morgan fingerprint density at radius 1 is 1.16 bits per heavy atom. The Hall–Kier alpha value is -3.18. The molecule has 31 heavy (non-hydrogen) atoms. The minimum Gasteiger partial charge on any atom is -0.462 e. The van der Waals surface area contributed by atoms with Gasteiger partial charge in [0.1, 0.15) is 11.2 Å². The summed E-state index contributed by atoms with van der Waals surface area (Å²) in [7, 11) is 0. The minimum atomic E-state index is -4.97. The second kappa shape index (κ2) is 8.52. The van der Waals surface area contributed by atoms with Crippen LogP contribution < -0.4 is 10.3 Å². The van der Waals surface area contributed by atoms with Gasteiger partial charge in [0.25, 0.3) is 0 Å². The Morgan fingerprint density at radius 2 is 1.81 bits per heavy atom. The van der Waals surface area contributed by atoms with E-state index in [1.54, 1.807) is 13.8 Å². The number of esters is 1. The van der Waals surface area contributed by atoms with Gasteiger partial charge in [-0.05, 0) is 19.9 Å². The molecule has 0 radical (unpaired) electrons. The molecule has 1 amide bonds. The maximum atomic E-state index is 14.8. The number of amides is 1. The van der Waals surface area contributed by atoms with Gasteiger partial charge in [-0.3, -0.25) is 9.59 Å². The largest absolute Gasteiger partial charge is 0.471 e. The molecule has 0 aromatic carbocycles. The molecule has 3 rings (SSSR count). The summed E-state index contributed by atoms with van der Waals surface area (Å²) in [5.74, 6) is -3.77. The standard InChI is InChI=1S/C19H20F4N4O4/c1-3-25-10-12(17(29)31-4-2)14(28)11-9-13(20)16(24-15(11)25)26-5-7-27(8-6-26)18(30)19(21,22)23/h9-10H,3-8H2,1-2H3. The predicted molar refractivity (Wildman–Crippen MR) is 102 cm³/mol. The third-order valence-electron chi connectivity index (χ3n) is 4.93. The molecule has 2 aromatic rings. The average Bonchev–Trinajstić information content (AvgIpc) is 2.73. The molecule has 0 N–H and O–H groups in total. The van der Waals surface area contributed by atoms with Gasteiger partial charge in [0.05, 0.1) is 12.0 Å². The first-order valence-electron chi connectivity index (χ1n) is 9.60. The second-order valence-electron chi connectivity index (χ2n) is 6.82. The lowest BCUT2D eigenvalue weighted by Crippen LogP contribution is -2.52. The van der Waals surface area contributed by atoms with Crippen molar-refractivity contribution >= 4 is 28.7 Å². The third kappa shape index (κ3) is 4.32. The number of halogens is 4. The summed E-state index contributed by atoms with van der Waals surface area (Å²) in [5, 5.41) is -0.112. The van der Waals surface area contributed by atoms with Gasteiger partial charge in [-0.15, -0.1) is 0 Å². The maximum absolute atomic E-state index is 14.8. The molecule has 168 valence electrons. The lowest BCUT2D eigenvalue weighted by atomic mass is 10.1. The van der Waals surface area contributed by atoms with Crippen molar-refractivity contribution in [1.29, 1.82) is 0 Å². The van der Waals surface area contributed by atoms with Gasteiger partial charge in [0.15, 0.2) is 11.6 Å². The molecule has 3 heterocycles. The molecule has 0 bridgehead atoms. The second-order valence-corrected chi connectivity index (χ2v) is 6.82. The number of carbonyl (C=O) groups is 2. The number of nitrogens with zero attached hydrogens (tertiary/aromatic N) is 4. The van der Waals surface area contributed by atoms with E-state index in [2.05, 4.69) is 4.98 Å². The van der Waals surface area contributed by atoms with Crippen molar-refractivity contribution in [1.82, 2.24) is 14.5 Å². The van der Waals surface area contributed by atoms with Crippen LogP contribution in [0.2, 0.25) is 0 Å². The topological polar surface area (TPSA) is 84.7 Å². The van der Waals surface area contributed by atoms with Crippen molar-refractivity contribution in [2.24, 2.45) is 0 Å². The molecule has 0 saturated carbocycles. The monoisotopic (exact) mass is 444 g/mol. The van der Waals surface area contributed by atoms with Crippen molar-refractivity contribution in [3.8, 4) is 0 Å². The zero-order chi connectivity index (χ0) is 22.9. The number of anilines is 1. The van der Waals surface area contributed by atoms with Gasteiger partial charge in [-0.1, -0.05) is 0 Å². The van der Waals surface area contributed by atoms with Crippen LogP contribution in [-0.2, 0) is 16.1 Å². The summed E-state index contributed by atoms with van der Waals surface area (Å²) in [4.78, 5) is 42.4.